The lowest BCUT2D eigenvalue weighted by atomic mass is 10.2. The number of carbonyl (C=O) groups excluding carboxylic acids is 1. The molecular weight excluding hydrogens is 328 g/mol. The minimum Gasteiger partial charge on any atom is -0.420 e. The van der Waals surface area contributed by atoms with Crippen LogP contribution in [0.3, 0.4) is 0 Å². The van der Waals surface area contributed by atoms with Crippen LogP contribution in [0.2, 0.25) is 0 Å². The van der Waals surface area contributed by atoms with E-state index in [9.17, 15) is 9.59 Å². The van der Waals surface area contributed by atoms with Crippen molar-refractivity contribution in [1.29, 1.82) is 0 Å². The third kappa shape index (κ3) is 3.18. The highest BCUT2D eigenvalue weighted by Crippen LogP contribution is 2.42. The molecule has 1 N–H and O–H groups in total. The van der Waals surface area contributed by atoms with Gasteiger partial charge in [0.05, 0.1) is 0 Å². The van der Waals surface area contributed by atoms with Gasteiger partial charge in [-0.3, -0.25) is 4.79 Å². The SMILES string of the molecule is O=C(CCc1nc2ccccc2oc1=O)Nc1nnc(C2CC2)s1. The van der Waals surface area contributed by atoms with Gasteiger partial charge in [0.1, 0.15) is 16.2 Å². The lowest BCUT2D eigenvalue weighted by molar-refractivity contribution is -0.116. The Bertz CT molecular complexity index is 961. The summed E-state index contributed by atoms with van der Waals surface area (Å²) in [6, 6.07) is 7.05. The Morgan fingerprint density at radius 3 is 2.96 bits per heavy atom. The van der Waals surface area contributed by atoms with Gasteiger partial charge in [-0.25, -0.2) is 9.78 Å². The topological polar surface area (TPSA) is 98.0 Å². The lowest BCUT2D eigenvalue weighted by Gasteiger charge is -2.02. The highest BCUT2D eigenvalue weighted by Gasteiger charge is 2.27. The second-order valence-electron chi connectivity index (χ2n) is 5.68. The van der Waals surface area contributed by atoms with E-state index in [4.69, 9.17) is 4.42 Å². The summed E-state index contributed by atoms with van der Waals surface area (Å²) in [5, 5.41) is 12.2. The molecule has 0 radical (unpaired) electrons. The van der Waals surface area contributed by atoms with Gasteiger partial charge in [0.2, 0.25) is 11.0 Å². The number of fused-ring (bicyclic) bond motifs is 1. The summed E-state index contributed by atoms with van der Waals surface area (Å²) in [7, 11) is 0. The zero-order chi connectivity index (χ0) is 16.5. The van der Waals surface area contributed by atoms with Crippen LogP contribution < -0.4 is 10.9 Å². The van der Waals surface area contributed by atoms with Crippen molar-refractivity contribution in [1.82, 2.24) is 15.2 Å². The predicted molar refractivity (Wildman–Crippen MR) is 89.1 cm³/mol. The minimum atomic E-state index is -0.506. The fourth-order valence-electron chi connectivity index (χ4n) is 2.34. The molecule has 3 aromatic rings. The van der Waals surface area contributed by atoms with E-state index >= 15 is 0 Å². The molecule has 2 heterocycles. The molecule has 7 nitrogen and oxygen atoms in total. The normalized spacial score (nSPS) is 14.0. The molecule has 1 aromatic carbocycles. The number of hydrogen-bond donors (Lipinski definition) is 1. The number of nitrogens with one attached hydrogen (secondary N) is 1. The van der Waals surface area contributed by atoms with Gasteiger partial charge in [0, 0.05) is 18.8 Å². The highest BCUT2D eigenvalue weighted by atomic mass is 32.1. The second-order valence-corrected chi connectivity index (χ2v) is 6.69. The number of aromatic nitrogens is 3. The summed E-state index contributed by atoms with van der Waals surface area (Å²) in [4.78, 5) is 28.2. The smallest absolute Gasteiger partial charge is 0.358 e. The van der Waals surface area contributed by atoms with Crippen LogP contribution in [-0.4, -0.2) is 21.1 Å². The molecule has 0 spiro atoms. The van der Waals surface area contributed by atoms with Crippen LogP contribution in [0, 0.1) is 0 Å². The maximum atomic E-state index is 12.0. The van der Waals surface area contributed by atoms with Crippen molar-refractivity contribution >= 4 is 33.5 Å². The number of aryl methyl sites for hydroxylation is 1. The molecule has 0 atom stereocenters. The fourth-order valence-corrected chi connectivity index (χ4v) is 3.27. The maximum Gasteiger partial charge on any atom is 0.358 e. The first-order valence-electron chi connectivity index (χ1n) is 7.71. The second kappa shape index (κ2) is 6.12. The van der Waals surface area contributed by atoms with Crippen LogP contribution >= 0.6 is 11.3 Å². The van der Waals surface area contributed by atoms with Crippen molar-refractivity contribution in [2.45, 2.75) is 31.6 Å². The van der Waals surface area contributed by atoms with E-state index in [-0.39, 0.29) is 24.4 Å². The Labute approximate surface area is 140 Å². The van der Waals surface area contributed by atoms with Crippen molar-refractivity contribution in [3.8, 4) is 0 Å². The van der Waals surface area contributed by atoms with Crippen LogP contribution in [-0.2, 0) is 11.2 Å². The molecule has 1 fully saturated rings. The average molecular weight is 342 g/mol. The molecule has 0 bridgehead atoms. The first-order chi connectivity index (χ1) is 11.7. The molecule has 2 aromatic heterocycles. The molecular formula is C16H14N4O3S. The molecule has 1 aliphatic carbocycles. The molecule has 122 valence electrons. The van der Waals surface area contributed by atoms with E-state index in [1.165, 1.54) is 11.3 Å². The van der Waals surface area contributed by atoms with Crippen molar-refractivity contribution in [3.63, 3.8) is 0 Å². The largest absolute Gasteiger partial charge is 0.420 e. The molecule has 0 unspecified atom stereocenters. The summed E-state index contributed by atoms with van der Waals surface area (Å²) in [6.45, 7) is 0. The average Bonchev–Trinajstić information content (AvgIpc) is 3.33. The number of amides is 1. The first-order valence-corrected chi connectivity index (χ1v) is 8.53. The fraction of sp³-hybridized carbons (Fsp3) is 0.312. The van der Waals surface area contributed by atoms with Crippen LogP contribution in [0.25, 0.3) is 11.1 Å². The third-order valence-electron chi connectivity index (χ3n) is 3.76. The maximum absolute atomic E-state index is 12.0. The van der Waals surface area contributed by atoms with Gasteiger partial charge in [0.15, 0.2) is 5.58 Å². The van der Waals surface area contributed by atoms with Gasteiger partial charge in [-0.05, 0) is 25.0 Å². The van der Waals surface area contributed by atoms with Gasteiger partial charge in [-0.2, -0.15) is 0 Å². The Hall–Kier alpha value is -2.61. The van der Waals surface area contributed by atoms with Crippen LogP contribution in [0.4, 0.5) is 5.13 Å². The minimum absolute atomic E-state index is 0.133. The van der Waals surface area contributed by atoms with E-state index in [0.717, 1.165) is 17.8 Å². The van der Waals surface area contributed by atoms with Gasteiger partial charge < -0.3 is 9.73 Å². The van der Waals surface area contributed by atoms with Crippen molar-refractivity contribution in [2.24, 2.45) is 0 Å². The number of benzene rings is 1. The number of rotatable bonds is 5. The summed E-state index contributed by atoms with van der Waals surface area (Å²) >= 11 is 1.41. The van der Waals surface area contributed by atoms with Gasteiger partial charge in [0.25, 0.3) is 0 Å². The molecule has 8 heteroatoms. The molecule has 4 rings (SSSR count). The Kier molecular flexibility index (Phi) is 3.81. The molecule has 1 saturated carbocycles. The van der Waals surface area contributed by atoms with Crippen LogP contribution in [0.1, 0.15) is 35.9 Å². The molecule has 0 aliphatic heterocycles. The van der Waals surface area contributed by atoms with Crippen molar-refractivity contribution in [2.75, 3.05) is 5.32 Å². The van der Waals surface area contributed by atoms with Gasteiger partial charge in [-0.15, -0.1) is 10.2 Å². The first kappa shape index (κ1) is 14.9. The van der Waals surface area contributed by atoms with E-state index in [1.54, 1.807) is 18.2 Å². The Morgan fingerprint density at radius 1 is 1.29 bits per heavy atom. The predicted octanol–water partition coefficient (Wildman–Crippen LogP) is 2.49. The van der Waals surface area contributed by atoms with E-state index in [2.05, 4.69) is 20.5 Å². The highest BCUT2D eigenvalue weighted by molar-refractivity contribution is 7.15. The number of carbonyl (C=O) groups is 1. The molecule has 24 heavy (non-hydrogen) atoms. The monoisotopic (exact) mass is 342 g/mol. The standard InChI is InChI=1S/C16H14N4O3S/c21-13(18-16-20-19-14(24-16)9-5-6-9)8-7-11-15(22)23-12-4-2-1-3-10(12)17-11/h1-4,9H,5-8H2,(H,18,20,21). The summed E-state index contributed by atoms with van der Waals surface area (Å²) in [6.07, 6.45) is 2.64. The van der Waals surface area contributed by atoms with E-state index in [0.29, 0.717) is 22.1 Å². The Morgan fingerprint density at radius 2 is 2.12 bits per heavy atom. The molecule has 0 saturated heterocycles. The summed E-state index contributed by atoms with van der Waals surface area (Å²) < 4.78 is 5.21. The van der Waals surface area contributed by atoms with Crippen molar-refractivity contribution < 1.29 is 9.21 Å². The number of anilines is 1. The quantitative estimate of drug-likeness (QED) is 0.765. The van der Waals surface area contributed by atoms with Gasteiger partial charge in [-0.1, -0.05) is 23.5 Å². The van der Waals surface area contributed by atoms with E-state index in [1.807, 2.05) is 6.07 Å². The summed E-state index contributed by atoms with van der Waals surface area (Å²) in [5.41, 5.74) is 0.788. The third-order valence-corrected chi connectivity index (χ3v) is 4.76. The lowest BCUT2D eigenvalue weighted by Crippen LogP contribution is -2.16. The van der Waals surface area contributed by atoms with Crippen LogP contribution in [0.5, 0.6) is 0 Å². The Balaban J connectivity index is 1.41. The molecule has 1 aliphatic rings. The van der Waals surface area contributed by atoms with Crippen LogP contribution in [0.15, 0.2) is 33.5 Å². The summed E-state index contributed by atoms with van der Waals surface area (Å²) in [5.74, 6) is 0.294. The zero-order valence-electron chi connectivity index (χ0n) is 12.7. The number of hydrogen-bond acceptors (Lipinski definition) is 7. The number of para-hydroxylation sites is 2. The molecule has 1 amide bonds. The zero-order valence-corrected chi connectivity index (χ0v) is 13.5. The number of nitrogens with zero attached hydrogens (tertiary/aromatic N) is 3. The van der Waals surface area contributed by atoms with Crippen molar-refractivity contribution in [3.05, 3.63) is 45.4 Å². The van der Waals surface area contributed by atoms with E-state index < -0.39 is 5.63 Å². The van der Waals surface area contributed by atoms with Gasteiger partial charge >= 0.3 is 5.63 Å².